The molecule has 9 heteroatoms. The molecule has 0 aromatic heterocycles. The molecule has 0 unspecified atom stereocenters. The predicted molar refractivity (Wildman–Crippen MR) is 81.6 cm³/mol. The van der Waals surface area contributed by atoms with Gasteiger partial charge in [-0.3, -0.25) is 0 Å². The smallest absolute Gasteiger partial charge is 0.345 e. The maximum Gasteiger partial charge on any atom is 0.345 e. The number of esters is 2. The minimum absolute atomic E-state index is 0.0130. The number of benzene rings is 1. The van der Waals surface area contributed by atoms with Gasteiger partial charge in [-0.1, -0.05) is 23.2 Å². The van der Waals surface area contributed by atoms with Gasteiger partial charge in [-0.05, 0) is 23.8 Å². The zero-order valence-electron chi connectivity index (χ0n) is 12.1. The molecule has 0 radical (unpaired) electrons. The van der Waals surface area contributed by atoms with Crippen LogP contribution < -0.4 is 4.74 Å². The van der Waals surface area contributed by atoms with Gasteiger partial charge in [0.1, 0.15) is 5.57 Å². The molecule has 0 aliphatic rings. The number of carboxylic acid groups (broad SMARTS) is 1. The highest BCUT2D eigenvalue weighted by Gasteiger charge is 2.20. The molecule has 0 aliphatic heterocycles. The maximum atomic E-state index is 11.6. The standard InChI is InChI=1S/C14H12Cl2O7/c1-21-13(19)8(14(20)22-2)3-7-4-9(15)12(10(16)5-7)23-6-11(17)18/h3-5H,6H2,1-2H3,(H,17,18). The monoisotopic (exact) mass is 362 g/mol. The number of methoxy groups -OCH3 is 2. The third kappa shape index (κ3) is 5.15. The molecule has 1 aromatic carbocycles. The number of hydrogen-bond donors (Lipinski definition) is 1. The summed E-state index contributed by atoms with van der Waals surface area (Å²) in [7, 11) is 2.23. The van der Waals surface area contributed by atoms with Crippen molar-refractivity contribution in [2.45, 2.75) is 0 Å². The second-order valence-electron chi connectivity index (χ2n) is 4.04. The Morgan fingerprint density at radius 1 is 1.09 bits per heavy atom. The van der Waals surface area contributed by atoms with Gasteiger partial charge in [0.2, 0.25) is 0 Å². The lowest BCUT2D eigenvalue weighted by molar-refractivity contribution is -0.144. The molecule has 23 heavy (non-hydrogen) atoms. The summed E-state index contributed by atoms with van der Waals surface area (Å²) in [5.41, 5.74) is -0.0604. The van der Waals surface area contributed by atoms with Crippen LogP contribution in [0.3, 0.4) is 0 Å². The molecule has 1 aromatic rings. The van der Waals surface area contributed by atoms with Crippen molar-refractivity contribution in [3.8, 4) is 5.75 Å². The zero-order chi connectivity index (χ0) is 17.6. The molecule has 0 aliphatic carbocycles. The molecular formula is C14H12Cl2O7. The fourth-order valence-corrected chi connectivity index (χ4v) is 2.14. The lowest BCUT2D eigenvalue weighted by Crippen LogP contribution is -2.15. The summed E-state index contributed by atoms with van der Waals surface area (Å²) < 4.78 is 13.9. The largest absolute Gasteiger partial charge is 0.479 e. The van der Waals surface area contributed by atoms with E-state index in [4.69, 9.17) is 33.0 Å². The number of carboxylic acids is 1. The van der Waals surface area contributed by atoms with Gasteiger partial charge in [0.05, 0.1) is 24.3 Å². The van der Waals surface area contributed by atoms with Crippen molar-refractivity contribution in [1.82, 2.24) is 0 Å². The third-order valence-corrected chi connectivity index (χ3v) is 3.04. The summed E-state index contributed by atoms with van der Waals surface area (Å²) >= 11 is 11.9. The molecule has 0 bridgehead atoms. The fourth-order valence-electron chi connectivity index (χ4n) is 1.52. The van der Waals surface area contributed by atoms with E-state index < -0.39 is 24.5 Å². The van der Waals surface area contributed by atoms with E-state index in [9.17, 15) is 14.4 Å². The topological polar surface area (TPSA) is 99.1 Å². The first kappa shape index (κ1) is 18.8. The number of carbonyl (C=O) groups excluding carboxylic acids is 2. The number of ether oxygens (including phenoxy) is 3. The van der Waals surface area contributed by atoms with Crippen molar-refractivity contribution < 1.29 is 33.7 Å². The van der Waals surface area contributed by atoms with E-state index in [2.05, 4.69) is 9.47 Å². The summed E-state index contributed by atoms with van der Waals surface area (Å²) in [5.74, 6) is -3.00. The first-order chi connectivity index (χ1) is 10.8. The van der Waals surface area contributed by atoms with E-state index in [-0.39, 0.29) is 21.4 Å². The van der Waals surface area contributed by atoms with Crippen molar-refractivity contribution in [2.24, 2.45) is 0 Å². The van der Waals surface area contributed by atoms with Crippen molar-refractivity contribution >= 4 is 47.2 Å². The van der Waals surface area contributed by atoms with Gasteiger partial charge in [-0.2, -0.15) is 0 Å². The lowest BCUT2D eigenvalue weighted by atomic mass is 10.1. The van der Waals surface area contributed by atoms with Crippen LogP contribution in [0.4, 0.5) is 0 Å². The fraction of sp³-hybridized carbons (Fsp3) is 0.214. The Morgan fingerprint density at radius 2 is 1.57 bits per heavy atom. The molecule has 1 rings (SSSR count). The molecule has 7 nitrogen and oxygen atoms in total. The second kappa shape index (κ2) is 8.40. The average molecular weight is 363 g/mol. The zero-order valence-corrected chi connectivity index (χ0v) is 13.6. The van der Waals surface area contributed by atoms with E-state index >= 15 is 0 Å². The second-order valence-corrected chi connectivity index (χ2v) is 4.85. The molecule has 0 heterocycles. The maximum absolute atomic E-state index is 11.6. The minimum Gasteiger partial charge on any atom is -0.479 e. The Balaban J connectivity index is 3.22. The van der Waals surface area contributed by atoms with Crippen LogP contribution in [0.5, 0.6) is 5.75 Å². The summed E-state index contributed by atoms with van der Waals surface area (Å²) in [4.78, 5) is 33.7. The summed E-state index contributed by atoms with van der Waals surface area (Å²) in [6.45, 7) is -0.621. The van der Waals surface area contributed by atoms with Crippen molar-refractivity contribution in [2.75, 3.05) is 20.8 Å². The van der Waals surface area contributed by atoms with Crippen molar-refractivity contribution in [1.29, 1.82) is 0 Å². The van der Waals surface area contributed by atoms with Crippen molar-refractivity contribution in [3.05, 3.63) is 33.3 Å². The normalized spacial score (nSPS) is 9.74. The molecule has 0 saturated heterocycles. The summed E-state index contributed by atoms with van der Waals surface area (Å²) in [5, 5.41) is 8.61. The molecule has 124 valence electrons. The van der Waals surface area contributed by atoms with Gasteiger partial charge in [-0.25, -0.2) is 14.4 Å². The summed E-state index contributed by atoms with van der Waals surface area (Å²) in [6.07, 6.45) is 1.18. The quantitative estimate of drug-likeness (QED) is 0.358. The van der Waals surface area contributed by atoms with Gasteiger partial charge in [0, 0.05) is 0 Å². The van der Waals surface area contributed by atoms with E-state index in [1.54, 1.807) is 0 Å². The number of rotatable bonds is 6. The number of carbonyl (C=O) groups is 3. The van der Waals surface area contributed by atoms with E-state index in [1.807, 2.05) is 0 Å². The molecule has 0 spiro atoms. The van der Waals surface area contributed by atoms with Gasteiger partial charge in [0.25, 0.3) is 0 Å². The van der Waals surface area contributed by atoms with Gasteiger partial charge in [0.15, 0.2) is 12.4 Å². The van der Waals surface area contributed by atoms with Crippen LogP contribution in [0, 0.1) is 0 Å². The number of halogens is 2. The highest BCUT2D eigenvalue weighted by molar-refractivity contribution is 6.37. The first-order valence-corrected chi connectivity index (χ1v) is 6.77. The third-order valence-electron chi connectivity index (χ3n) is 2.48. The molecular weight excluding hydrogens is 351 g/mol. The van der Waals surface area contributed by atoms with Crippen LogP contribution in [-0.4, -0.2) is 43.8 Å². The Bertz CT molecular complexity index is 626. The average Bonchev–Trinajstić information content (AvgIpc) is 2.50. The van der Waals surface area contributed by atoms with E-state index in [1.165, 1.54) is 18.2 Å². The first-order valence-electron chi connectivity index (χ1n) is 6.02. The number of aliphatic carboxylic acids is 1. The highest BCUT2D eigenvalue weighted by atomic mass is 35.5. The molecule has 0 amide bonds. The SMILES string of the molecule is COC(=O)C(=Cc1cc(Cl)c(OCC(=O)O)c(Cl)c1)C(=O)OC. The minimum atomic E-state index is -1.19. The predicted octanol–water partition coefficient (Wildman–Crippen LogP) is 2.19. The molecule has 0 saturated carbocycles. The van der Waals surface area contributed by atoms with Gasteiger partial charge < -0.3 is 19.3 Å². The Morgan fingerprint density at radius 3 is 1.96 bits per heavy atom. The van der Waals surface area contributed by atoms with E-state index in [0.717, 1.165) is 14.2 Å². The van der Waals surface area contributed by atoms with E-state index in [0.29, 0.717) is 5.56 Å². The van der Waals surface area contributed by atoms with Crippen LogP contribution in [0.2, 0.25) is 10.0 Å². The Hall–Kier alpha value is -2.25. The lowest BCUT2D eigenvalue weighted by Gasteiger charge is -2.09. The van der Waals surface area contributed by atoms with Crippen LogP contribution >= 0.6 is 23.2 Å². The Labute approximate surface area is 141 Å². The van der Waals surface area contributed by atoms with Crippen LogP contribution in [-0.2, 0) is 23.9 Å². The van der Waals surface area contributed by atoms with Gasteiger partial charge in [-0.15, -0.1) is 0 Å². The van der Waals surface area contributed by atoms with Crippen LogP contribution in [0.25, 0.3) is 6.08 Å². The number of hydrogen-bond acceptors (Lipinski definition) is 6. The highest BCUT2D eigenvalue weighted by Crippen LogP contribution is 2.35. The van der Waals surface area contributed by atoms with Gasteiger partial charge >= 0.3 is 17.9 Å². The molecule has 1 N–H and O–H groups in total. The van der Waals surface area contributed by atoms with Crippen molar-refractivity contribution in [3.63, 3.8) is 0 Å². The molecule has 0 atom stereocenters. The summed E-state index contributed by atoms with van der Waals surface area (Å²) in [6, 6.07) is 2.69. The van der Waals surface area contributed by atoms with Crippen LogP contribution in [0.15, 0.2) is 17.7 Å². The van der Waals surface area contributed by atoms with Crippen LogP contribution in [0.1, 0.15) is 5.56 Å². The molecule has 0 fully saturated rings. The Kier molecular flexibility index (Phi) is 6.87.